The molecule has 0 unspecified atom stereocenters. The summed E-state index contributed by atoms with van der Waals surface area (Å²) in [5, 5.41) is 8.94. The summed E-state index contributed by atoms with van der Waals surface area (Å²) in [7, 11) is -3.92. The van der Waals surface area contributed by atoms with E-state index in [1.165, 1.54) is 24.3 Å². The average Bonchev–Trinajstić information content (AvgIpc) is 2.36. The zero-order chi connectivity index (χ0) is 15.6. The number of nitrogens with one attached hydrogen (secondary N) is 1. The lowest BCUT2D eigenvalue weighted by Crippen LogP contribution is -2.15. The Morgan fingerprint density at radius 1 is 1.24 bits per heavy atom. The van der Waals surface area contributed by atoms with Gasteiger partial charge in [0.15, 0.2) is 0 Å². The summed E-state index contributed by atoms with van der Waals surface area (Å²) < 4.78 is 26.6. The van der Waals surface area contributed by atoms with Crippen LogP contribution >= 0.6 is 23.2 Å². The molecule has 108 valence electrons. The van der Waals surface area contributed by atoms with Crippen LogP contribution in [0.2, 0.25) is 10.2 Å². The van der Waals surface area contributed by atoms with E-state index in [0.29, 0.717) is 5.69 Å². The summed E-state index contributed by atoms with van der Waals surface area (Å²) in [6, 6.07) is 7.12. The van der Waals surface area contributed by atoms with Crippen molar-refractivity contribution < 1.29 is 8.42 Å². The Morgan fingerprint density at radius 2 is 1.95 bits per heavy atom. The van der Waals surface area contributed by atoms with Gasteiger partial charge < -0.3 is 0 Å². The Kier molecular flexibility index (Phi) is 4.32. The van der Waals surface area contributed by atoms with Gasteiger partial charge in [-0.3, -0.25) is 0 Å². The van der Waals surface area contributed by atoms with E-state index in [1.807, 2.05) is 6.07 Å². The van der Waals surface area contributed by atoms with Crippen molar-refractivity contribution in [2.24, 2.45) is 0 Å². The van der Waals surface area contributed by atoms with Gasteiger partial charge in [0.05, 0.1) is 15.5 Å². The number of aromatic nitrogens is 2. The van der Waals surface area contributed by atoms with Crippen LogP contribution in [0.15, 0.2) is 29.2 Å². The number of nitrogens with zero attached hydrogens (tertiary/aromatic N) is 3. The molecule has 0 spiro atoms. The zero-order valence-electron chi connectivity index (χ0n) is 10.6. The second kappa shape index (κ2) is 5.85. The first-order valence-corrected chi connectivity index (χ1v) is 7.79. The lowest BCUT2D eigenvalue weighted by molar-refractivity contribution is 0.601. The maximum absolute atomic E-state index is 12.2. The highest BCUT2D eigenvalue weighted by Crippen LogP contribution is 2.22. The minimum absolute atomic E-state index is 0.0450. The second-order valence-electron chi connectivity index (χ2n) is 4.01. The van der Waals surface area contributed by atoms with Gasteiger partial charge in [-0.2, -0.15) is 5.26 Å². The summed E-state index contributed by atoms with van der Waals surface area (Å²) in [4.78, 5) is 7.61. The van der Waals surface area contributed by atoms with E-state index in [4.69, 9.17) is 28.5 Å². The van der Waals surface area contributed by atoms with Gasteiger partial charge >= 0.3 is 0 Å². The third-order valence-electron chi connectivity index (χ3n) is 2.42. The van der Waals surface area contributed by atoms with Crippen LogP contribution in [0.3, 0.4) is 0 Å². The standard InChI is InChI=1S/C12H8Cl2N4O2S/c1-7-4-11(14)17-12(16-7)18-21(19,20)9-3-2-8(6-15)10(13)5-9/h2-5H,1H3,(H,16,17,18). The molecular formula is C12H8Cl2N4O2S. The molecule has 1 N–H and O–H groups in total. The van der Waals surface area contributed by atoms with Gasteiger partial charge in [-0.05, 0) is 31.2 Å². The van der Waals surface area contributed by atoms with Crippen LogP contribution in [0.4, 0.5) is 5.95 Å². The number of aryl methyl sites for hydroxylation is 1. The monoisotopic (exact) mass is 342 g/mol. The van der Waals surface area contributed by atoms with Gasteiger partial charge in [0, 0.05) is 5.69 Å². The van der Waals surface area contributed by atoms with E-state index in [0.717, 1.165) is 0 Å². The van der Waals surface area contributed by atoms with Gasteiger partial charge in [0.2, 0.25) is 5.95 Å². The first kappa shape index (κ1) is 15.5. The molecule has 0 aliphatic rings. The summed E-state index contributed by atoms with van der Waals surface area (Å²) in [5.74, 6) is -0.138. The summed E-state index contributed by atoms with van der Waals surface area (Å²) in [6.07, 6.45) is 0. The number of sulfonamides is 1. The van der Waals surface area contributed by atoms with E-state index in [9.17, 15) is 8.42 Å². The van der Waals surface area contributed by atoms with Crippen molar-refractivity contribution >= 4 is 39.2 Å². The Labute approximate surface area is 131 Å². The van der Waals surface area contributed by atoms with Crippen LogP contribution in [-0.2, 0) is 10.0 Å². The number of hydrogen-bond acceptors (Lipinski definition) is 5. The summed E-state index contributed by atoms with van der Waals surface area (Å²) in [6.45, 7) is 1.66. The average molecular weight is 343 g/mol. The van der Waals surface area contributed by atoms with Crippen molar-refractivity contribution in [3.63, 3.8) is 0 Å². The SMILES string of the molecule is Cc1cc(Cl)nc(NS(=O)(=O)c2ccc(C#N)c(Cl)c2)n1. The molecule has 6 nitrogen and oxygen atoms in total. The molecule has 0 amide bonds. The van der Waals surface area contributed by atoms with E-state index in [2.05, 4.69) is 14.7 Å². The number of rotatable bonds is 3. The quantitative estimate of drug-likeness (QED) is 0.865. The van der Waals surface area contributed by atoms with Gasteiger partial charge in [0.25, 0.3) is 10.0 Å². The number of hydrogen-bond donors (Lipinski definition) is 1. The molecule has 0 radical (unpaired) electrons. The molecule has 1 aromatic heterocycles. The van der Waals surface area contributed by atoms with Crippen LogP contribution in [0.1, 0.15) is 11.3 Å². The highest BCUT2D eigenvalue weighted by atomic mass is 35.5. The first-order valence-electron chi connectivity index (χ1n) is 5.55. The second-order valence-corrected chi connectivity index (χ2v) is 6.49. The number of halogens is 2. The fraction of sp³-hybridized carbons (Fsp3) is 0.0833. The molecule has 0 atom stereocenters. The van der Waals surface area contributed by atoms with E-state index in [1.54, 1.807) is 6.92 Å². The van der Waals surface area contributed by atoms with E-state index < -0.39 is 10.0 Å². The van der Waals surface area contributed by atoms with Crippen LogP contribution in [0, 0.1) is 18.3 Å². The molecular weight excluding hydrogens is 335 g/mol. The Bertz CT molecular complexity index is 827. The Hall–Kier alpha value is -1.88. The molecule has 0 aliphatic carbocycles. The predicted molar refractivity (Wildman–Crippen MR) is 78.8 cm³/mol. The van der Waals surface area contributed by atoms with Crippen LogP contribution in [0.25, 0.3) is 0 Å². The lowest BCUT2D eigenvalue weighted by atomic mass is 10.2. The Morgan fingerprint density at radius 3 is 2.52 bits per heavy atom. The largest absolute Gasteiger partial charge is 0.264 e. The first-order chi connectivity index (χ1) is 9.81. The maximum Gasteiger partial charge on any atom is 0.264 e. The molecule has 9 heteroatoms. The highest BCUT2D eigenvalue weighted by molar-refractivity contribution is 7.92. The molecule has 0 saturated heterocycles. The summed E-state index contributed by atoms with van der Waals surface area (Å²) >= 11 is 11.6. The number of benzene rings is 1. The molecule has 1 heterocycles. The molecule has 0 saturated carbocycles. The van der Waals surface area contributed by atoms with Crippen LogP contribution in [-0.4, -0.2) is 18.4 Å². The van der Waals surface area contributed by atoms with Gasteiger partial charge in [-0.15, -0.1) is 0 Å². The molecule has 0 bridgehead atoms. The number of anilines is 1. The molecule has 2 rings (SSSR count). The Balaban J connectivity index is 2.39. The van der Waals surface area contributed by atoms with Gasteiger partial charge in [0.1, 0.15) is 11.2 Å². The van der Waals surface area contributed by atoms with E-state index >= 15 is 0 Å². The maximum atomic E-state index is 12.2. The van der Waals surface area contributed by atoms with E-state index in [-0.39, 0.29) is 26.6 Å². The van der Waals surface area contributed by atoms with Crippen molar-refractivity contribution in [2.45, 2.75) is 11.8 Å². The molecule has 21 heavy (non-hydrogen) atoms. The fourth-order valence-electron chi connectivity index (χ4n) is 1.51. The molecule has 0 aliphatic heterocycles. The van der Waals surface area contributed by atoms with Crippen molar-refractivity contribution in [3.05, 3.63) is 45.7 Å². The summed E-state index contributed by atoms with van der Waals surface area (Å²) in [5.41, 5.74) is 0.705. The third-order valence-corrected chi connectivity index (χ3v) is 4.25. The third kappa shape index (κ3) is 3.61. The van der Waals surface area contributed by atoms with Crippen molar-refractivity contribution in [2.75, 3.05) is 4.72 Å². The number of nitriles is 1. The molecule has 1 aromatic carbocycles. The van der Waals surface area contributed by atoms with Crippen molar-refractivity contribution in [3.8, 4) is 6.07 Å². The lowest BCUT2D eigenvalue weighted by Gasteiger charge is -2.08. The van der Waals surface area contributed by atoms with Gasteiger partial charge in [-0.25, -0.2) is 23.1 Å². The highest BCUT2D eigenvalue weighted by Gasteiger charge is 2.17. The smallest absolute Gasteiger partial charge is 0.247 e. The minimum Gasteiger partial charge on any atom is -0.247 e. The predicted octanol–water partition coefficient (Wildman–Crippen LogP) is 2.76. The molecule has 0 fully saturated rings. The molecule has 2 aromatic rings. The fourth-order valence-corrected chi connectivity index (χ4v) is 3.00. The van der Waals surface area contributed by atoms with Crippen LogP contribution < -0.4 is 4.72 Å². The topological polar surface area (TPSA) is 95.7 Å². The zero-order valence-corrected chi connectivity index (χ0v) is 13.0. The van der Waals surface area contributed by atoms with Crippen molar-refractivity contribution in [1.29, 1.82) is 5.26 Å². The minimum atomic E-state index is -3.92. The normalized spacial score (nSPS) is 11.0. The van der Waals surface area contributed by atoms with Crippen LogP contribution in [0.5, 0.6) is 0 Å². The van der Waals surface area contributed by atoms with Gasteiger partial charge in [-0.1, -0.05) is 23.2 Å². The van der Waals surface area contributed by atoms with Crippen molar-refractivity contribution in [1.82, 2.24) is 9.97 Å².